The van der Waals surface area contributed by atoms with E-state index in [1.807, 2.05) is 13.0 Å². The van der Waals surface area contributed by atoms with Crippen LogP contribution in [0.4, 0.5) is 0 Å². The second kappa shape index (κ2) is 7.34. The molecule has 23 heavy (non-hydrogen) atoms. The summed E-state index contributed by atoms with van der Waals surface area (Å²) in [6.07, 6.45) is 3.13. The Hall–Kier alpha value is -2.25. The maximum atomic E-state index is 12.2. The molecular weight excluding hydrogens is 316 g/mol. The van der Waals surface area contributed by atoms with E-state index in [9.17, 15) is 18.3 Å². The van der Waals surface area contributed by atoms with Crippen molar-refractivity contribution < 1.29 is 18.3 Å². The van der Waals surface area contributed by atoms with E-state index >= 15 is 0 Å². The summed E-state index contributed by atoms with van der Waals surface area (Å²) in [5.41, 5.74) is 2.21. The molecule has 0 aliphatic heterocycles. The highest BCUT2D eigenvalue weighted by atomic mass is 32.2. The maximum absolute atomic E-state index is 12.2. The summed E-state index contributed by atoms with van der Waals surface area (Å²) < 4.78 is 26.7. The van der Waals surface area contributed by atoms with Gasteiger partial charge < -0.3 is 5.11 Å². The number of pyridine rings is 1. The lowest BCUT2D eigenvalue weighted by Crippen LogP contribution is -2.42. The standard InChI is InChI=1S/C16H18N2O4S/c1-12-4-2-5-14(8-12)11-23(21,22)18-15(16(19)20)9-13-6-3-7-17-10-13/h2-8,10,15,18H,9,11H2,1H3,(H,19,20). The Morgan fingerprint density at radius 1 is 1.26 bits per heavy atom. The van der Waals surface area contributed by atoms with Crippen molar-refractivity contribution in [1.82, 2.24) is 9.71 Å². The zero-order valence-corrected chi connectivity index (χ0v) is 13.5. The largest absolute Gasteiger partial charge is 0.480 e. The van der Waals surface area contributed by atoms with Gasteiger partial charge in [-0.05, 0) is 24.1 Å². The summed E-state index contributed by atoms with van der Waals surface area (Å²) in [5.74, 6) is -1.48. The summed E-state index contributed by atoms with van der Waals surface area (Å²) in [4.78, 5) is 15.2. The van der Waals surface area contributed by atoms with E-state index in [1.165, 1.54) is 6.20 Å². The van der Waals surface area contributed by atoms with Gasteiger partial charge in [-0.25, -0.2) is 13.1 Å². The third-order valence-electron chi connectivity index (χ3n) is 3.22. The topological polar surface area (TPSA) is 96.4 Å². The van der Waals surface area contributed by atoms with Gasteiger partial charge in [-0.2, -0.15) is 0 Å². The first-order chi connectivity index (χ1) is 10.9. The highest BCUT2D eigenvalue weighted by Gasteiger charge is 2.24. The Kier molecular flexibility index (Phi) is 5.46. The molecule has 0 radical (unpaired) electrons. The minimum atomic E-state index is -3.77. The average Bonchev–Trinajstić information content (AvgIpc) is 2.46. The molecule has 2 aromatic rings. The van der Waals surface area contributed by atoms with Crippen LogP contribution in [0.5, 0.6) is 0 Å². The monoisotopic (exact) mass is 334 g/mol. The molecular formula is C16H18N2O4S. The molecule has 2 rings (SSSR count). The molecule has 0 aliphatic rings. The molecule has 2 N–H and O–H groups in total. The molecule has 0 amide bonds. The molecule has 1 aromatic heterocycles. The molecule has 1 atom stereocenters. The van der Waals surface area contributed by atoms with Crippen LogP contribution in [0.1, 0.15) is 16.7 Å². The van der Waals surface area contributed by atoms with Crippen LogP contribution in [-0.4, -0.2) is 30.5 Å². The molecule has 122 valence electrons. The van der Waals surface area contributed by atoms with Gasteiger partial charge in [0.25, 0.3) is 0 Å². The number of hydrogen-bond acceptors (Lipinski definition) is 4. The minimum absolute atomic E-state index is 0.0379. The molecule has 1 aromatic carbocycles. The van der Waals surface area contributed by atoms with Crippen molar-refractivity contribution in [3.05, 3.63) is 65.5 Å². The molecule has 7 heteroatoms. The van der Waals surface area contributed by atoms with Crippen molar-refractivity contribution in [2.45, 2.75) is 25.1 Å². The van der Waals surface area contributed by atoms with Crippen LogP contribution >= 0.6 is 0 Å². The van der Waals surface area contributed by atoms with E-state index < -0.39 is 22.0 Å². The lowest BCUT2D eigenvalue weighted by atomic mass is 10.1. The smallest absolute Gasteiger partial charge is 0.322 e. The van der Waals surface area contributed by atoms with Crippen LogP contribution in [0.15, 0.2) is 48.8 Å². The number of aryl methyl sites for hydroxylation is 1. The van der Waals surface area contributed by atoms with E-state index in [1.54, 1.807) is 36.5 Å². The summed E-state index contributed by atoms with van der Waals surface area (Å²) in [6.45, 7) is 1.87. The van der Waals surface area contributed by atoms with Crippen LogP contribution in [0.25, 0.3) is 0 Å². The average molecular weight is 334 g/mol. The van der Waals surface area contributed by atoms with Crippen molar-refractivity contribution in [2.75, 3.05) is 0 Å². The fourth-order valence-corrected chi connectivity index (χ4v) is 3.53. The lowest BCUT2D eigenvalue weighted by molar-refractivity contribution is -0.138. The summed E-state index contributed by atoms with van der Waals surface area (Å²) in [6, 6.07) is 9.25. The minimum Gasteiger partial charge on any atom is -0.480 e. The highest BCUT2D eigenvalue weighted by molar-refractivity contribution is 7.88. The van der Waals surface area contributed by atoms with Crippen molar-refractivity contribution in [3.63, 3.8) is 0 Å². The number of nitrogens with one attached hydrogen (secondary N) is 1. The van der Waals surface area contributed by atoms with Gasteiger partial charge in [-0.15, -0.1) is 0 Å². The number of aliphatic carboxylic acids is 1. The molecule has 0 aliphatic carbocycles. The number of benzene rings is 1. The third kappa shape index (κ3) is 5.46. The summed E-state index contributed by atoms with van der Waals surface area (Å²) in [7, 11) is -3.77. The predicted molar refractivity (Wildman–Crippen MR) is 86.3 cm³/mol. The van der Waals surface area contributed by atoms with E-state index in [4.69, 9.17) is 0 Å². The van der Waals surface area contributed by atoms with E-state index in [2.05, 4.69) is 9.71 Å². The normalized spacial score (nSPS) is 12.7. The first-order valence-corrected chi connectivity index (χ1v) is 8.68. The van der Waals surface area contributed by atoms with Crippen molar-refractivity contribution in [1.29, 1.82) is 0 Å². The van der Waals surface area contributed by atoms with Crippen molar-refractivity contribution in [3.8, 4) is 0 Å². The Balaban J connectivity index is 2.10. The zero-order valence-electron chi connectivity index (χ0n) is 12.6. The van der Waals surface area contributed by atoms with Crippen LogP contribution in [0.3, 0.4) is 0 Å². The molecule has 0 bridgehead atoms. The predicted octanol–water partition coefficient (Wildman–Crippen LogP) is 1.51. The molecule has 0 saturated heterocycles. The number of nitrogens with zero attached hydrogens (tertiary/aromatic N) is 1. The Morgan fingerprint density at radius 3 is 2.61 bits per heavy atom. The van der Waals surface area contributed by atoms with Crippen LogP contribution < -0.4 is 4.72 Å². The quantitative estimate of drug-likeness (QED) is 0.800. The van der Waals surface area contributed by atoms with Gasteiger partial charge in [0, 0.05) is 18.8 Å². The van der Waals surface area contributed by atoms with Crippen LogP contribution in [0, 0.1) is 6.92 Å². The molecule has 6 nitrogen and oxygen atoms in total. The number of aromatic nitrogens is 1. The van der Waals surface area contributed by atoms with Gasteiger partial charge in [0.05, 0.1) is 5.75 Å². The van der Waals surface area contributed by atoms with Gasteiger partial charge in [0.15, 0.2) is 0 Å². The van der Waals surface area contributed by atoms with E-state index in [-0.39, 0.29) is 12.2 Å². The number of sulfonamides is 1. The Morgan fingerprint density at radius 2 is 2.00 bits per heavy atom. The first kappa shape index (κ1) is 17.1. The van der Waals surface area contributed by atoms with Gasteiger partial charge in [-0.3, -0.25) is 9.78 Å². The summed E-state index contributed by atoms with van der Waals surface area (Å²) >= 11 is 0. The number of rotatable bonds is 7. The van der Waals surface area contributed by atoms with Gasteiger partial charge in [0.2, 0.25) is 10.0 Å². The number of hydrogen-bond donors (Lipinski definition) is 2. The molecule has 0 spiro atoms. The second-order valence-corrected chi connectivity index (χ2v) is 7.08. The van der Waals surface area contributed by atoms with Crippen LogP contribution in [-0.2, 0) is 27.0 Å². The van der Waals surface area contributed by atoms with E-state index in [0.29, 0.717) is 11.1 Å². The van der Waals surface area contributed by atoms with Gasteiger partial charge in [0.1, 0.15) is 6.04 Å². The van der Waals surface area contributed by atoms with Crippen molar-refractivity contribution in [2.24, 2.45) is 0 Å². The fraction of sp³-hybridized carbons (Fsp3) is 0.250. The second-order valence-electron chi connectivity index (χ2n) is 5.32. The van der Waals surface area contributed by atoms with E-state index in [0.717, 1.165) is 5.56 Å². The van der Waals surface area contributed by atoms with Gasteiger partial charge in [-0.1, -0.05) is 35.9 Å². The molecule has 0 saturated carbocycles. The van der Waals surface area contributed by atoms with Gasteiger partial charge >= 0.3 is 5.97 Å². The summed E-state index contributed by atoms with van der Waals surface area (Å²) in [5, 5.41) is 9.26. The number of carboxylic acids is 1. The molecule has 0 fully saturated rings. The maximum Gasteiger partial charge on any atom is 0.322 e. The number of carboxylic acid groups (broad SMARTS) is 1. The molecule has 1 heterocycles. The SMILES string of the molecule is Cc1cccc(CS(=O)(=O)NC(Cc2cccnc2)C(=O)O)c1. The first-order valence-electron chi connectivity index (χ1n) is 7.03. The number of carbonyl (C=O) groups is 1. The van der Waals surface area contributed by atoms with Crippen molar-refractivity contribution >= 4 is 16.0 Å². The lowest BCUT2D eigenvalue weighted by Gasteiger charge is -2.15. The highest BCUT2D eigenvalue weighted by Crippen LogP contribution is 2.10. The molecule has 1 unspecified atom stereocenters. The Bertz CT molecular complexity index is 776. The Labute approximate surface area is 135 Å². The zero-order chi connectivity index (χ0) is 16.9. The van der Waals surface area contributed by atoms with Crippen LogP contribution in [0.2, 0.25) is 0 Å². The fourth-order valence-electron chi connectivity index (χ4n) is 2.21. The third-order valence-corrected chi connectivity index (χ3v) is 4.58.